The van der Waals surface area contributed by atoms with Gasteiger partial charge >= 0.3 is 5.97 Å². The lowest BCUT2D eigenvalue weighted by Gasteiger charge is -2.28. The average Bonchev–Trinajstić information content (AvgIpc) is 2.68. The molecule has 26 heavy (non-hydrogen) atoms. The first-order chi connectivity index (χ1) is 12.5. The third-order valence-electron chi connectivity index (χ3n) is 4.75. The summed E-state index contributed by atoms with van der Waals surface area (Å²) < 4.78 is 4.75. The van der Waals surface area contributed by atoms with E-state index in [9.17, 15) is 4.79 Å². The standard InChI is InChI=1S/C21H29N3O2/c1-4-16(2)20(22)15-24(14-18-6-5-11-23-12-18)13-17-7-9-19(10-8-17)21(25)26-3/h5-12,16,20H,4,13-15,22H2,1-3H3. The van der Waals surface area contributed by atoms with Crippen LogP contribution in [0, 0.1) is 5.92 Å². The van der Waals surface area contributed by atoms with Gasteiger partial charge in [0.25, 0.3) is 0 Å². The molecule has 2 aromatic rings. The van der Waals surface area contributed by atoms with Crippen LogP contribution in [0.4, 0.5) is 0 Å². The minimum Gasteiger partial charge on any atom is -0.465 e. The molecule has 1 aromatic carbocycles. The third kappa shape index (κ3) is 5.93. The number of esters is 1. The van der Waals surface area contributed by atoms with Crippen LogP contribution in [0.5, 0.6) is 0 Å². The second-order valence-corrected chi connectivity index (χ2v) is 6.77. The van der Waals surface area contributed by atoms with Crippen LogP contribution in [0.2, 0.25) is 0 Å². The Balaban J connectivity index is 2.10. The van der Waals surface area contributed by atoms with E-state index in [0.29, 0.717) is 11.5 Å². The number of pyridine rings is 1. The van der Waals surface area contributed by atoms with E-state index in [-0.39, 0.29) is 12.0 Å². The molecule has 2 N–H and O–H groups in total. The van der Waals surface area contributed by atoms with Gasteiger partial charge in [-0.1, -0.05) is 38.5 Å². The highest BCUT2D eigenvalue weighted by Gasteiger charge is 2.17. The van der Waals surface area contributed by atoms with Gasteiger partial charge in [-0.25, -0.2) is 4.79 Å². The zero-order valence-corrected chi connectivity index (χ0v) is 15.9. The van der Waals surface area contributed by atoms with Gasteiger partial charge in [-0.05, 0) is 35.2 Å². The summed E-state index contributed by atoms with van der Waals surface area (Å²) in [4.78, 5) is 18.1. The summed E-state index contributed by atoms with van der Waals surface area (Å²) >= 11 is 0. The minimum absolute atomic E-state index is 0.117. The number of benzene rings is 1. The molecule has 1 aromatic heterocycles. The molecule has 0 aliphatic rings. The molecule has 0 radical (unpaired) electrons. The lowest BCUT2D eigenvalue weighted by atomic mass is 9.99. The van der Waals surface area contributed by atoms with Crippen LogP contribution in [-0.2, 0) is 17.8 Å². The summed E-state index contributed by atoms with van der Waals surface area (Å²) in [6.45, 7) is 6.72. The van der Waals surface area contributed by atoms with E-state index in [1.54, 1.807) is 18.3 Å². The third-order valence-corrected chi connectivity index (χ3v) is 4.75. The highest BCUT2D eigenvalue weighted by molar-refractivity contribution is 5.89. The number of aromatic nitrogens is 1. The Labute approximate surface area is 156 Å². The van der Waals surface area contributed by atoms with E-state index in [2.05, 4.69) is 29.8 Å². The number of rotatable bonds is 9. The highest BCUT2D eigenvalue weighted by Crippen LogP contribution is 2.14. The van der Waals surface area contributed by atoms with E-state index >= 15 is 0 Å². The maximum atomic E-state index is 11.6. The first-order valence-corrected chi connectivity index (χ1v) is 9.07. The molecule has 2 unspecified atom stereocenters. The molecule has 0 fully saturated rings. The maximum Gasteiger partial charge on any atom is 0.337 e. The smallest absolute Gasteiger partial charge is 0.337 e. The van der Waals surface area contributed by atoms with Crippen molar-refractivity contribution in [1.29, 1.82) is 0 Å². The number of hydrogen-bond acceptors (Lipinski definition) is 5. The van der Waals surface area contributed by atoms with E-state index < -0.39 is 0 Å². The van der Waals surface area contributed by atoms with Crippen molar-refractivity contribution in [3.05, 3.63) is 65.5 Å². The topological polar surface area (TPSA) is 68.5 Å². The van der Waals surface area contributed by atoms with Gasteiger partial charge in [0.05, 0.1) is 12.7 Å². The Morgan fingerprint density at radius 1 is 1.19 bits per heavy atom. The predicted octanol–water partition coefficient (Wildman–Crippen LogP) is 3.24. The van der Waals surface area contributed by atoms with Crippen LogP contribution in [-0.4, -0.2) is 35.5 Å². The van der Waals surface area contributed by atoms with Gasteiger partial charge in [-0.3, -0.25) is 9.88 Å². The van der Waals surface area contributed by atoms with Gasteiger partial charge in [0.2, 0.25) is 0 Å². The zero-order valence-electron chi connectivity index (χ0n) is 15.9. The van der Waals surface area contributed by atoms with Crippen molar-refractivity contribution in [2.75, 3.05) is 13.7 Å². The van der Waals surface area contributed by atoms with Crippen molar-refractivity contribution in [3.63, 3.8) is 0 Å². The van der Waals surface area contributed by atoms with Crippen molar-refractivity contribution >= 4 is 5.97 Å². The predicted molar refractivity (Wildman–Crippen MR) is 104 cm³/mol. The van der Waals surface area contributed by atoms with Crippen molar-refractivity contribution in [2.45, 2.75) is 39.4 Å². The van der Waals surface area contributed by atoms with Crippen LogP contribution in [0.15, 0.2) is 48.8 Å². The molecule has 0 spiro atoms. The number of carbonyl (C=O) groups is 1. The summed E-state index contributed by atoms with van der Waals surface area (Å²) in [5.74, 6) is 0.149. The fourth-order valence-corrected chi connectivity index (χ4v) is 2.84. The number of nitrogens with two attached hydrogens (primary N) is 1. The minimum atomic E-state index is -0.317. The molecule has 5 nitrogen and oxygen atoms in total. The molecule has 5 heteroatoms. The highest BCUT2D eigenvalue weighted by atomic mass is 16.5. The first-order valence-electron chi connectivity index (χ1n) is 9.07. The van der Waals surface area contributed by atoms with Gasteiger partial charge in [0, 0.05) is 38.1 Å². The van der Waals surface area contributed by atoms with Crippen molar-refractivity contribution in [2.24, 2.45) is 11.7 Å². The van der Waals surface area contributed by atoms with Gasteiger partial charge < -0.3 is 10.5 Å². The molecule has 1 heterocycles. The number of nitrogens with zero attached hydrogens (tertiary/aromatic N) is 2. The van der Waals surface area contributed by atoms with Crippen LogP contribution in [0.25, 0.3) is 0 Å². The fraction of sp³-hybridized carbons (Fsp3) is 0.429. The number of carbonyl (C=O) groups excluding carboxylic acids is 1. The molecule has 2 atom stereocenters. The van der Waals surface area contributed by atoms with E-state index in [4.69, 9.17) is 10.5 Å². The van der Waals surface area contributed by atoms with Crippen LogP contribution < -0.4 is 5.73 Å². The first kappa shape index (κ1) is 20.1. The molecule has 2 rings (SSSR count). The van der Waals surface area contributed by atoms with Gasteiger partial charge in [-0.15, -0.1) is 0 Å². The Morgan fingerprint density at radius 3 is 2.46 bits per heavy atom. The number of methoxy groups -OCH3 is 1. The molecule has 0 bridgehead atoms. The fourth-order valence-electron chi connectivity index (χ4n) is 2.84. The quantitative estimate of drug-likeness (QED) is 0.699. The summed E-state index contributed by atoms with van der Waals surface area (Å²) in [7, 11) is 1.39. The molecule has 140 valence electrons. The van der Waals surface area contributed by atoms with Gasteiger partial charge in [0.15, 0.2) is 0 Å². The molecule has 0 amide bonds. The van der Waals surface area contributed by atoms with Gasteiger partial charge in [0.1, 0.15) is 0 Å². The zero-order chi connectivity index (χ0) is 18.9. The molecular weight excluding hydrogens is 326 g/mol. The Morgan fingerprint density at radius 2 is 1.88 bits per heavy atom. The lowest BCUT2D eigenvalue weighted by Crippen LogP contribution is -2.40. The summed E-state index contributed by atoms with van der Waals surface area (Å²) in [6.07, 6.45) is 4.74. The van der Waals surface area contributed by atoms with Crippen molar-refractivity contribution < 1.29 is 9.53 Å². The monoisotopic (exact) mass is 355 g/mol. The number of ether oxygens (including phenoxy) is 1. The van der Waals surface area contributed by atoms with Crippen molar-refractivity contribution in [3.8, 4) is 0 Å². The summed E-state index contributed by atoms with van der Waals surface area (Å²) in [5.41, 5.74) is 9.26. The Bertz CT molecular complexity index is 673. The average molecular weight is 355 g/mol. The summed E-state index contributed by atoms with van der Waals surface area (Å²) in [6, 6.07) is 11.7. The lowest BCUT2D eigenvalue weighted by molar-refractivity contribution is 0.0600. The van der Waals surface area contributed by atoms with Crippen LogP contribution in [0.1, 0.15) is 41.8 Å². The largest absolute Gasteiger partial charge is 0.465 e. The second kappa shape index (κ2) is 10.0. The maximum absolute atomic E-state index is 11.6. The normalized spacial score (nSPS) is 13.4. The molecule has 0 saturated heterocycles. The van der Waals surface area contributed by atoms with E-state index in [0.717, 1.165) is 37.2 Å². The second-order valence-electron chi connectivity index (χ2n) is 6.77. The van der Waals surface area contributed by atoms with E-state index in [1.807, 2.05) is 24.4 Å². The molecule has 0 aliphatic carbocycles. The molecule has 0 aliphatic heterocycles. The van der Waals surface area contributed by atoms with Crippen LogP contribution >= 0.6 is 0 Å². The molecule has 0 saturated carbocycles. The Kier molecular flexibility index (Phi) is 7.75. The van der Waals surface area contributed by atoms with Gasteiger partial charge in [-0.2, -0.15) is 0 Å². The van der Waals surface area contributed by atoms with E-state index in [1.165, 1.54) is 7.11 Å². The van der Waals surface area contributed by atoms with Crippen molar-refractivity contribution in [1.82, 2.24) is 9.88 Å². The Hall–Kier alpha value is -2.24. The van der Waals surface area contributed by atoms with Crippen LogP contribution in [0.3, 0.4) is 0 Å². The number of hydrogen-bond donors (Lipinski definition) is 1. The summed E-state index contributed by atoms with van der Waals surface area (Å²) in [5, 5.41) is 0. The molecular formula is C21H29N3O2. The SMILES string of the molecule is CCC(C)C(N)CN(Cc1ccc(C(=O)OC)cc1)Cc1cccnc1.